The van der Waals surface area contributed by atoms with Crippen LogP contribution in [0.5, 0.6) is 11.5 Å². The molecule has 154 valence electrons. The van der Waals surface area contributed by atoms with E-state index in [0.717, 1.165) is 0 Å². The minimum Gasteiger partial charge on any atom is -0.496 e. The molecule has 30 heavy (non-hydrogen) atoms. The van der Waals surface area contributed by atoms with E-state index in [2.05, 4.69) is 0 Å². The van der Waals surface area contributed by atoms with Gasteiger partial charge in [-0.05, 0) is 37.1 Å². The highest BCUT2D eigenvalue weighted by Gasteiger charge is 2.45. The van der Waals surface area contributed by atoms with Crippen molar-refractivity contribution in [2.24, 2.45) is 0 Å². The predicted octanol–water partition coefficient (Wildman–Crippen LogP) is 4.99. The lowest BCUT2D eigenvalue weighted by Crippen LogP contribution is -2.22. The molecule has 0 saturated carbocycles. The third-order valence-electron chi connectivity index (χ3n) is 5.03. The van der Waals surface area contributed by atoms with Crippen molar-refractivity contribution in [2.45, 2.75) is 13.8 Å². The number of methoxy groups -OCH3 is 2. The van der Waals surface area contributed by atoms with Gasteiger partial charge in [0.15, 0.2) is 0 Å². The maximum absolute atomic E-state index is 14.4. The zero-order valence-corrected chi connectivity index (χ0v) is 18.2. The summed E-state index contributed by atoms with van der Waals surface area (Å²) in [5.74, 6) is 0.398. The lowest BCUT2D eigenvalue weighted by Gasteiger charge is -2.21. The van der Waals surface area contributed by atoms with Gasteiger partial charge in [0.25, 0.3) is 0 Å². The van der Waals surface area contributed by atoms with Gasteiger partial charge >= 0.3 is 0 Å². The van der Waals surface area contributed by atoms with Gasteiger partial charge in [-0.15, -0.1) is 0 Å². The molecule has 0 saturated heterocycles. The number of ether oxygens (including phenoxy) is 2. The highest BCUT2D eigenvalue weighted by Crippen LogP contribution is 2.54. The quantitative estimate of drug-likeness (QED) is 0.502. The first-order chi connectivity index (χ1) is 14.4. The van der Waals surface area contributed by atoms with E-state index in [-0.39, 0.29) is 22.4 Å². The van der Waals surface area contributed by atoms with Crippen molar-refractivity contribution in [3.05, 3.63) is 89.0 Å². The summed E-state index contributed by atoms with van der Waals surface area (Å²) >= 11 is 0. The number of hydrogen-bond donors (Lipinski definition) is 0. The second kappa shape index (κ2) is 8.68. The fourth-order valence-corrected chi connectivity index (χ4v) is 5.94. The molecule has 0 spiro atoms. The molecule has 0 aliphatic rings. The minimum atomic E-state index is -4.27. The first-order valence-corrected chi connectivity index (χ1v) is 11.1. The number of benzene rings is 3. The summed E-state index contributed by atoms with van der Waals surface area (Å²) in [5.41, 5.74) is 0.117. The Labute approximate surface area is 176 Å². The number of carbonyl (C=O) groups is 2. The van der Waals surface area contributed by atoms with Crippen LogP contribution in [0, 0.1) is 13.8 Å². The third-order valence-corrected chi connectivity index (χ3v) is 7.65. The second-order valence-corrected chi connectivity index (χ2v) is 9.41. The minimum absolute atomic E-state index is 0.00530. The molecule has 0 radical (unpaired) electrons. The van der Waals surface area contributed by atoms with Crippen molar-refractivity contribution in [3.63, 3.8) is 0 Å². The predicted molar refractivity (Wildman–Crippen MR) is 118 cm³/mol. The van der Waals surface area contributed by atoms with Crippen molar-refractivity contribution in [2.75, 3.05) is 14.2 Å². The molecule has 3 rings (SSSR count). The molecule has 1 unspecified atom stereocenters. The maximum atomic E-state index is 14.4. The van der Waals surface area contributed by atoms with E-state index in [0.29, 0.717) is 16.7 Å². The largest absolute Gasteiger partial charge is 0.496 e. The van der Waals surface area contributed by atoms with E-state index in [1.165, 1.54) is 14.2 Å². The van der Waals surface area contributed by atoms with Crippen molar-refractivity contribution >= 4 is 23.5 Å². The Morgan fingerprint density at radius 1 is 0.667 bits per heavy atom. The monoisotopic (exact) mass is 422 g/mol. The van der Waals surface area contributed by atoms with Crippen LogP contribution < -0.4 is 14.8 Å². The van der Waals surface area contributed by atoms with Gasteiger partial charge in [-0.25, -0.2) is 0 Å². The molecule has 0 aliphatic heterocycles. The Kier molecular flexibility index (Phi) is 6.23. The Morgan fingerprint density at radius 3 is 1.63 bits per heavy atom. The van der Waals surface area contributed by atoms with Gasteiger partial charge in [0.1, 0.15) is 17.1 Å². The van der Waals surface area contributed by atoms with Gasteiger partial charge in [0, 0.05) is 10.9 Å². The topological polar surface area (TPSA) is 69.7 Å². The Morgan fingerprint density at radius 2 is 1.13 bits per heavy atom. The molecule has 0 amide bonds. The fraction of sp³-hybridized carbons (Fsp3) is 0.167. The van der Waals surface area contributed by atoms with Crippen molar-refractivity contribution in [1.29, 1.82) is 0 Å². The standard InChI is InChI=1S/C24H23O5P/c1-16-10-8-11-17(2)21(16)23(25)30(27,18-12-6-5-7-13-18)24(26)22-19(28-3)14-9-15-20(22)29-4/h5-15H,1-4H3. The summed E-state index contributed by atoms with van der Waals surface area (Å²) in [4.78, 5) is 27.6. The maximum Gasteiger partial charge on any atom is 0.249 e. The molecule has 0 heterocycles. The van der Waals surface area contributed by atoms with Gasteiger partial charge in [-0.3, -0.25) is 9.59 Å². The van der Waals surface area contributed by atoms with Crippen LogP contribution in [-0.2, 0) is 4.57 Å². The number of aryl methyl sites for hydroxylation is 2. The van der Waals surface area contributed by atoms with Gasteiger partial charge in [-0.1, -0.05) is 54.6 Å². The van der Waals surface area contributed by atoms with Crippen molar-refractivity contribution in [1.82, 2.24) is 0 Å². The molecule has 0 aliphatic carbocycles. The van der Waals surface area contributed by atoms with Gasteiger partial charge in [0.05, 0.1) is 14.2 Å². The van der Waals surface area contributed by atoms with Crippen molar-refractivity contribution < 1.29 is 23.6 Å². The van der Waals surface area contributed by atoms with Gasteiger partial charge in [0.2, 0.25) is 18.2 Å². The van der Waals surface area contributed by atoms with Gasteiger partial charge < -0.3 is 14.0 Å². The molecule has 0 bridgehead atoms. The SMILES string of the molecule is COc1cccc(OC)c1C(=O)P(=O)(C(=O)c1c(C)cccc1C)c1ccccc1. The highest BCUT2D eigenvalue weighted by atomic mass is 31.2. The number of carbonyl (C=O) groups excluding carboxylic acids is 2. The Balaban J connectivity index is 2.32. The lowest BCUT2D eigenvalue weighted by atomic mass is 10.0. The highest BCUT2D eigenvalue weighted by molar-refractivity contribution is 8.01. The Hall–Kier alpha value is -3.17. The average molecular weight is 422 g/mol. The zero-order valence-electron chi connectivity index (χ0n) is 17.3. The summed E-state index contributed by atoms with van der Waals surface area (Å²) in [7, 11) is -1.45. The van der Waals surface area contributed by atoms with Crippen LogP contribution in [0.15, 0.2) is 66.7 Å². The molecule has 3 aromatic rings. The summed E-state index contributed by atoms with van der Waals surface area (Å²) < 4.78 is 25.1. The molecular formula is C24H23O5P. The van der Waals surface area contributed by atoms with E-state index in [1.54, 1.807) is 74.5 Å². The molecule has 1 atom stereocenters. The van der Waals surface area contributed by atoms with Crippen LogP contribution in [0.4, 0.5) is 0 Å². The Bertz CT molecular complexity index is 1110. The fourth-order valence-electron chi connectivity index (χ4n) is 3.49. The smallest absolute Gasteiger partial charge is 0.249 e. The zero-order chi connectivity index (χ0) is 21.9. The van der Waals surface area contributed by atoms with Crippen LogP contribution in [0.2, 0.25) is 0 Å². The van der Waals surface area contributed by atoms with Crippen LogP contribution in [-0.4, -0.2) is 25.3 Å². The van der Waals surface area contributed by atoms with E-state index >= 15 is 0 Å². The molecule has 0 N–H and O–H groups in total. The van der Waals surface area contributed by atoms with Crippen LogP contribution in [0.3, 0.4) is 0 Å². The third kappa shape index (κ3) is 3.57. The normalized spacial score (nSPS) is 12.7. The first kappa shape index (κ1) is 21.5. The summed E-state index contributed by atoms with van der Waals surface area (Å²) in [6.45, 7) is 3.54. The van der Waals surface area contributed by atoms with E-state index in [1.807, 2.05) is 6.07 Å². The van der Waals surface area contributed by atoms with E-state index in [4.69, 9.17) is 9.47 Å². The summed E-state index contributed by atoms with van der Waals surface area (Å²) in [6.07, 6.45) is 0. The number of hydrogen-bond acceptors (Lipinski definition) is 5. The molecule has 0 aromatic heterocycles. The summed E-state index contributed by atoms with van der Waals surface area (Å²) in [6, 6.07) is 18.3. The number of rotatable bonds is 7. The first-order valence-electron chi connectivity index (χ1n) is 9.39. The van der Waals surface area contributed by atoms with E-state index in [9.17, 15) is 14.2 Å². The van der Waals surface area contributed by atoms with Crippen LogP contribution >= 0.6 is 7.14 Å². The van der Waals surface area contributed by atoms with Gasteiger partial charge in [-0.2, -0.15) is 0 Å². The molecule has 0 fully saturated rings. The summed E-state index contributed by atoms with van der Waals surface area (Å²) in [5, 5.41) is 0.176. The second-order valence-electron chi connectivity index (χ2n) is 6.86. The van der Waals surface area contributed by atoms with Crippen LogP contribution in [0.25, 0.3) is 0 Å². The molecule has 6 heteroatoms. The van der Waals surface area contributed by atoms with Crippen molar-refractivity contribution in [3.8, 4) is 11.5 Å². The average Bonchev–Trinajstić information content (AvgIpc) is 2.77. The molecule has 5 nitrogen and oxygen atoms in total. The van der Waals surface area contributed by atoms with E-state index < -0.39 is 18.2 Å². The lowest BCUT2D eigenvalue weighted by molar-refractivity contribution is 0.103. The van der Waals surface area contributed by atoms with Crippen LogP contribution in [0.1, 0.15) is 31.8 Å². The molecular weight excluding hydrogens is 399 g/mol. The molecule has 3 aromatic carbocycles.